The van der Waals surface area contributed by atoms with Crippen molar-refractivity contribution in [2.24, 2.45) is 22.1 Å². The maximum atomic E-state index is 12.3. The second kappa shape index (κ2) is 6.32. The first-order chi connectivity index (χ1) is 11.1. The predicted molar refractivity (Wildman–Crippen MR) is 82.3 cm³/mol. The number of rotatable bonds is 3. The molecule has 6 nitrogen and oxygen atoms in total. The SMILES string of the molecule is COc1ccccc1C(=O)N=NC1=C(O)C2CCCCC2C1=O. The summed E-state index contributed by atoms with van der Waals surface area (Å²) < 4.78 is 5.11. The molecule has 6 heteroatoms. The van der Waals surface area contributed by atoms with E-state index in [-0.39, 0.29) is 34.6 Å². The lowest BCUT2D eigenvalue weighted by Gasteiger charge is -2.23. The number of hydrogen-bond donors (Lipinski definition) is 1. The van der Waals surface area contributed by atoms with Crippen molar-refractivity contribution in [1.29, 1.82) is 0 Å². The molecule has 0 spiro atoms. The van der Waals surface area contributed by atoms with Crippen LogP contribution in [0.1, 0.15) is 36.0 Å². The average Bonchev–Trinajstić information content (AvgIpc) is 2.84. The van der Waals surface area contributed by atoms with Crippen molar-refractivity contribution in [2.45, 2.75) is 25.7 Å². The number of nitrogens with zero attached hydrogens (tertiary/aromatic N) is 2. The summed E-state index contributed by atoms with van der Waals surface area (Å²) in [6, 6.07) is 6.66. The molecule has 0 aromatic heterocycles. The standard InChI is InChI=1S/C17H18N2O4/c1-23-13-9-5-4-8-12(13)17(22)19-18-14-15(20)10-6-2-3-7-11(10)16(14)21/h4-5,8-11,20H,2-3,6-7H2,1H3. The van der Waals surface area contributed by atoms with Gasteiger partial charge in [0.25, 0.3) is 5.91 Å². The average molecular weight is 314 g/mol. The van der Waals surface area contributed by atoms with E-state index in [1.807, 2.05) is 0 Å². The maximum absolute atomic E-state index is 12.3. The van der Waals surface area contributed by atoms with Crippen LogP contribution in [0.3, 0.4) is 0 Å². The number of ketones is 1. The molecular formula is C17H18N2O4. The minimum Gasteiger partial charge on any atom is -0.510 e. The van der Waals surface area contributed by atoms with E-state index < -0.39 is 5.91 Å². The van der Waals surface area contributed by atoms with E-state index in [1.54, 1.807) is 24.3 Å². The van der Waals surface area contributed by atoms with Gasteiger partial charge in [-0.25, -0.2) is 0 Å². The topological polar surface area (TPSA) is 88.3 Å². The second-order valence-electron chi connectivity index (χ2n) is 5.80. The molecule has 2 aliphatic carbocycles. The third-order valence-corrected chi connectivity index (χ3v) is 4.51. The fourth-order valence-electron chi connectivity index (χ4n) is 3.32. The van der Waals surface area contributed by atoms with Crippen molar-refractivity contribution >= 4 is 11.7 Å². The summed E-state index contributed by atoms with van der Waals surface area (Å²) in [4.78, 5) is 24.5. The lowest BCUT2D eigenvalue weighted by atomic mass is 9.80. The van der Waals surface area contributed by atoms with Crippen molar-refractivity contribution in [3.8, 4) is 5.75 Å². The number of aliphatic hydroxyl groups excluding tert-OH is 1. The van der Waals surface area contributed by atoms with E-state index in [1.165, 1.54) is 7.11 Å². The number of carbonyl (C=O) groups is 2. The first-order valence-corrected chi connectivity index (χ1v) is 7.70. The summed E-state index contributed by atoms with van der Waals surface area (Å²) in [6.45, 7) is 0. The Bertz CT molecular complexity index is 708. The molecule has 0 heterocycles. The smallest absolute Gasteiger partial charge is 0.299 e. The van der Waals surface area contributed by atoms with Crippen LogP contribution in [0.25, 0.3) is 0 Å². The van der Waals surface area contributed by atoms with Gasteiger partial charge in [-0.3, -0.25) is 9.59 Å². The molecule has 1 N–H and O–H groups in total. The first-order valence-electron chi connectivity index (χ1n) is 7.70. The third-order valence-electron chi connectivity index (χ3n) is 4.51. The Hall–Kier alpha value is -2.50. The summed E-state index contributed by atoms with van der Waals surface area (Å²) in [5.41, 5.74) is 0.201. The molecule has 23 heavy (non-hydrogen) atoms. The van der Waals surface area contributed by atoms with Gasteiger partial charge in [0.15, 0.2) is 11.5 Å². The molecular weight excluding hydrogens is 296 g/mol. The molecule has 0 radical (unpaired) electrons. The summed E-state index contributed by atoms with van der Waals surface area (Å²) in [6.07, 6.45) is 3.50. The monoisotopic (exact) mass is 314 g/mol. The zero-order valence-electron chi connectivity index (χ0n) is 12.9. The molecule has 120 valence electrons. The van der Waals surface area contributed by atoms with Crippen molar-refractivity contribution in [2.75, 3.05) is 7.11 Å². The highest BCUT2D eigenvalue weighted by molar-refractivity contribution is 6.01. The molecule has 0 aliphatic heterocycles. The molecule has 1 aromatic rings. The number of carbonyl (C=O) groups excluding carboxylic acids is 2. The number of methoxy groups -OCH3 is 1. The Balaban J connectivity index is 1.83. The maximum Gasteiger partial charge on any atom is 0.299 e. The molecule has 2 atom stereocenters. The Morgan fingerprint density at radius 2 is 1.91 bits per heavy atom. The van der Waals surface area contributed by atoms with E-state index in [9.17, 15) is 14.7 Å². The minimum absolute atomic E-state index is 0.0173. The zero-order chi connectivity index (χ0) is 16.4. The second-order valence-corrected chi connectivity index (χ2v) is 5.80. The first kappa shape index (κ1) is 15.4. The number of azo groups is 1. The summed E-state index contributed by atoms with van der Waals surface area (Å²) in [5.74, 6) is -0.808. The van der Waals surface area contributed by atoms with Gasteiger partial charge in [-0.15, -0.1) is 10.2 Å². The molecule has 3 rings (SSSR count). The van der Waals surface area contributed by atoms with Crippen LogP contribution in [0.2, 0.25) is 0 Å². The molecule has 1 aromatic carbocycles. The van der Waals surface area contributed by atoms with Crippen molar-refractivity contribution in [3.05, 3.63) is 41.3 Å². The number of ether oxygens (including phenoxy) is 1. The molecule has 0 saturated heterocycles. The Morgan fingerprint density at radius 1 is 1.22 bits per heavy atom. The van der Waals surface area contributed by atoms with Crippen LogP contribution >= 0.6 is 0 Å². The number of Topliss-reactive ketones (excluding diaryl/α,β-unsaturated/α-hetero) is 1. The van der Waals surface area contributed by atoms with Gasteiger partial charge in [0, 0.05) is 11.8 Å². The highest BCUT2D eigenvalue weighted by atomic mass is 16.5. The molecule has 2 aliphatic rings. The third kappa shape index (κ3) is 2.76. The normalized spacial score (nSPS) is 24.1. The van der Waals surface area contributed by atoms with Gasteiger partial charge in [0.1, 0.15) is 11.5 Å². The van der Waals surface area contributed by atoms with E-state index in [0.29, 0.717) is 5.75 Å². The molecule has 1 amide bonds. The summed E-state index contributed by atoms with van der Waals surface area (Å²) in [7, 11) is 1.46. The van der Waals surface area contributed by atoms with Crippen LogP contribution in [-0.4, -0.2) is 23.9 Å². The number of para-hydroxylation sites is 1. The van der Waals surface area contributed by atoms with Crippen LogP contribution in [0.4, 0.5) is 0 Å². The van der Waals surface area contributed by atoms with Crippen LogP contribution in [0.15, 0.2) is 46.0 Å². The lowest BCUT2D eigenvalue weighted by molar-refractivity contribution is -0.120. The molecule has 1 saturated carbocycles. The minimum atomic E-state index is -0.606. The number of allylic oxidation sites excluding steroid dienone is 2. The number of hydrogen-bond acceptors (Lipinski definition) is 5. The van der Waals surface area contributed by atoms with Crippen LogP contribution in [0, 0.1) is 11.8 Å². The lowest BCUT2D eigenvalue weighted by Crippen LogP contribution is -2.21. The fourth-order valence-corrected chi connectivity index (χ4v) is 3.32. The van der Waals surface area contributed by atoms with Crippen molar-refractivity contribution in [3.63, 3.8) is 0 Å². The van der Waals surface area contributed by atoms with E-state index in [0.717, 1.165) is 25.7 Å². The summed E-state index contributed by atoms with van der Waals surface area (Å²) in [5, 5.41) is 17.6. The summed E-state index contributed by atoms with van der Waals surface area (Å²) >= 11 is 0. The van der Waals surface area contributed by atoms with Gasteiger partial charge in [0.2, 0.25) is 0 Å². The Labute approximate surface area is 133 Å². The van der Waals surface area contributed by atoms with E-state index in [4.69, 9.17) is 4.74 Å². The largest absolute Gasteiger partial charge is 0.510 e. The van der Waals surface area contributed by atoms with Gasteiger partial charge < -0.3 is 9.84 Å². The fraction of sp³-hybridized carbons (Fsp3) is 0.412. The zero-order valence-corrected chi connectivity index (χ0v) is 12.9. The molecule has 2 unspecified atom stereocenters. The van der Waals surface area contributed by atoms with Gasteiger partial charge in [-0.2, -0.15) is 0 Å². The quantitative estimate of drug-likeness (QED) is 0.865. The number of amides is 1. The van der Waals surface area contributed by atoms with Crippen LogP contribution < -0.4 is 4.74 Å². The van der Waals surface area contributed by atoms with Gasteiger partial charge in [0.05, 0.1) is 12.7 Å². The Morgan fingerprint density at radius 3 is 2.61 bits per heavy atom. The van der Waals surface area contributed by atoms with Crippen molar-refractivity contribution < 1.29 is 19.4 Å². The number of aliphatic hydroxyl groups is 1. The van der Waals surface area contributed by atoms with Gasteiger partial charge in [-0.1, -0.05) is 25.0 Å². The highest BCUT2D eigenvalue weighted by Gasteiger charge is 2.43. The number of fused-ring (bicyclic) bond motifs is 1. The Kier molecular flexibility index (Phi) is 4.23. The van der Waals surface area contributed by atoms with Gasteiger partial charge in [-0.05, 0) is 25.0 Å². The highest BCUT2D eigenvalue weighted by Crippen LogP contribution is 2.42. The molecule has 0 bridgehead atoms. The van der Waals surface area contributed by atoms with Crippen LogP contribution in [0.5, 0.6) is 5.75 Å². The van der Waals surface area contributed by atoms with E-state index in [2.05, 4.69) is 10.2 Å². The van der Waals surface area contributed by atoms with Gasteiger partial charge >= 0.3 is 0 Å². The van der Waals surface area contributed by atoms with Crippen molar-refractivity contribution in [1.82, 2.24) is 0 Å². The predicted octanol–water partition coefficient (Wildman–Crippen LogP) is 3.45. The van der Waals surface area contributed by atoms with E-state index >= 15 is 0 Å². The van der Waals surface area contributed by atoms with Crippen LogP contribution in [-0.2, 0) is 4.79 Å². The number of benzene rings is 1. The molecule has 1 fully saturated rings.